The summed E-state index contributed by atoms with van der Waals surface area (Å²) in [7, 11) is 2.09. The Morgan fingerprint density at radius 2 is 1.62 bits per heavy atom. The predicted octanol–water partition coefficient (Wildman–Crippen LogP) is 4.66. The number of para-hydroxylation sites is 1. The number of aromatic nitrogens is 1. The van der Waals surface area contributed by atoms with Crippen molar-refractivity contribution in [3.63, 3.8) is 0 Å². The highest BCUT2D eigenvalue weighted by Gasteiger charge is 2.11. The van der Waals surface area contributed by atoms with Crippen molar-refractivity contribution in [2.24, 2.45) is 0 Å². The third kappa shape index (κ3) is 2.63. The second kappa shape index (κ2) is 6.02. The molecule has 4 aromatic rings. The summed E-state index contributed by atoms with van der Waals surface area (Å²) < 4.78 is 0. The highest BCUT2D eigenvalue weighted by molar-refractivity contribution is 5.87. The molecule has 0 bridgehead atoms. The number of aromatic hydroxyl groups is 1. The second-order valence-corrected chi connectivity index (χ2v) is 6.32. The minimum Gasteiger partial charge on any atom is -0.508 e. The van der Waals surface area contributed by atoms with Crippen molar-refractivity contribution in [3.05, 3.63) is 78.0 Å². The maximum Gasteiger partial charge on any atom is 0.120 e. The Kier molecular flexibility index (Phi) is 3.71. The summed E-state index contributed by atoms with van der Waals surface area (Å²) in [6.07, 6.45) is 2.07. The van der Waals surface area contributed by atoms with Gasteiger partial charge in [0.25, 0.3) is 0 Å². The first-order chi connectivity index (χ1) is 11.7. The van der Waals surface area contributed by atoms with Crippen molar-refractivity contribution >= 4 is 21.7 Å². The van der Waals surface area contributed by atoms with Crippen LogP contribution in [0.25, 0.3) is 21.7 Å². The SMILES string of the molecule is CN(Cc1c(O)ccc2ccccc12)Cc1c[nH]c2ccccc12. The zero-order valence-electron chi connectivity index (χ0n) is 13.7. The van der Waals surface area contributed by atoms with Crippen LogP contribution in [0.15, 0.2) is 66.9 Å². The van der Waals surface area contributed by atoms with Gasteiger partial charge in [-0.2, -0.15) is 0 Å². The zero-order chi connectivity index (χ0) is 16.5. The molecule has 0 saturated carbocycles. The second-order valence-electron chi connectivity index (χ2n) is 6.32. The van der Waals surface area contributed by atoms with E-state index in [1.165, 1.54) is 10.9 Å². The smallest absolute Gasteiger partial charge is 0.120 e. The van der Waals surface area contributed by atoms with E-state index in [4.69, 9.17) is 0 Å². The lowest BCUT2D eigenvalue weighted by Gasteiger charge is -2.18. The summed E-state index contributed by atoms with van der Waals surface area (Å²) >= 11 is 0. The molecule has 4 rings (SSSR count). The monoisotopic (exact) mass is 316 g/mol. The molecule has 0 atom stereocenters. The van der Waals surface area contributed by atoms with Gasteiger partial charge in [0.15, 0.2) is 0 Å². The van der Waals surface area contributed by atoms with Gasteiger partial charge in [0.05, 0.1) is 0 Å². The van der Waals surface area contributed by atoms with Gasteiger partial charge in [-0.25, -0.2) is 0 Å². The van der Waals surface area contributed by atoms with Gasteiger partial charge in [-0.15, -0.1) is 0 Å². The normalized spacial score (nSPS) is 11.6. The summed E-state index contributed by atoms with van der Waals surface area (Å²) in [6, 6.07) is 20.3. The average Bonchev–Trinajstić information content (AvgIpc) is 3.01. The van der Waals surface area contributed by atoms with Crippen LogP contribution in [0.5, 0.6) is 5.75 Å². The van der Waals surface area contributed by atoms with E-state index in [2.05, 4.69) is 53.5 Å². The molecule has 0 spiro atoms. The first kappa shape index (κ1) is 14.8. The molecule has 0 amide bonds. The fourth-order valence-corrected chi connectivity index (χ4v) is 3.37. The Morgan fingerprint density at radius 1 is 0.875 bits per heavy atom. The van der Waals surface area contributed by atoms with Crippen LogP contribution < -0.4 is 0 Å². The molecule has 0 unspecified atom stereocenters. The highest BCUT2D eigenvalue weighted by atomic mass is 16.3. The lowest BCUT2D eigenvalue weighted by atomic mass is 10.0. The van der Waals surface area contributed by atoms with Crippen molar-refractivity contribution in [1.29, 1.82) is 0 Å². The lowest BCUT2D eigenvalue weighted by Crippen LogP contribution is -2.17. The molecular weight excluding hydrogens is 296 g/mol. The van der Waals surface area contributed by atoms with Crippen LogP contribution in [-0.4, -0.2) is 22.0 Å². The molecule has 0 radical (unpaired) electrons. The minimum atomic E-state index is 0.361. The third-order valence-electron chi connectivity index (χ3n) is 4.56. The maximum atomic E-state index is 10.3. The Labute approximate surface area is 141 Å². The number of rotatable bonds is 4. The van der Waals surface area contributed by atoms with Gasteiger partial charge < -0.3 is 10.1 Å². The fraction of sp³-hybridized carbons (Fsp3) is 0.143. The third-order valence-corrected chi connectivity index (χ3v) is 4.56. The molecule has 0 aliphatic rings. The van der Waals surface area contributed by atoms with Gasteiger partial charge in [-0.05, 0) is 35.5 Å². The predicted molar refractivity (Wildman–Crippen MR) is 99.1 cm³/mol. The number of nitrogens with zero attached hydrogens (tertiary/aromatic N) is 1. The van der Waals surface area contributed by atoms with Gasteiger partial charge in [0.2, 0.25) is 0 Å². The van der Waals surface area contributed by atoms with Crippen LogP contribution in [0.2, 0.25) is 0 Å². The van der Waals surface area contributed by atoms with Gasteiger partial charge >= 0.3 is 0 Å². The topological polar surface area (TPSA) is 39.3 Å². The van der Waals surface area contributed by atoms with Crippen LogP contribution in [0.4, 0.5) is 0 Å². The molecule has 0 aliphatic heterocycles. The molecule has 120 valence electrons. The average molecular weight is 316 g/mol. The molecule has 0 saturated heterocycles. The number of hydrogen-bond donors (Lipinski definition) is 2. The summed E-state index contributed by atoms with van der Waals surface area (Å²) in [6.45, 7) is 1.53. The van der Waals surface area contributed by atoms with Crippen LogP contribution in [0.1, 0.15) is 11.1 Å². The lowest BCUT2D eigenvalue weighted by molar-refractivity contribution is 0.315. The van der Waals surface area contributed by atoms with E-state index in [-0.39, 0.29) is 0 Å². The molecule has 2 N–H and O–H groups in total. The molecule has 0 aliphatic carbocycles. The minimum absolute atomic E-state index is 0.361. The molecule has 1 heterocycles. The summed E-state index contributed by atoms with van der Waals surface area (Å²) in [5, 5.41) is 13.9. The summed E-state index contributed by atoms with van der Waals surface area (Å²) in [4.78, 5) is 5.56. The van der Waals surface area contributed by atoms with Crippen LogP contribution in [0, 0.1) is 0 Å². The number of phenols is 1. The molecule has 3 nitrogen and oxygen atoms in total. The Morgan fingerprint density at radius 3 is 2.50 bits per heavy atom. The number of aromatic amines is 1. The summed E-state index contributed by atoms with van der Waals surface area (Å²) in [5.74, 6) is 0.361. The van der Waals surface area contributed by atoms with Crippen LogP contribution >= 0.6 is 0 Å². The van der Waals surface area contributed by atoms with E-state index in [0.29, 0.717) is 12.3 Å². The molecule has 1 aromatic heterocycles. The van der Waals surface area contributed by atoms with Crippen molar-refractivity contribution < 1.29 is 5.11 Å². The maximum absolute atomic E-state index is 10.3. The quantitative estimate of drug-likeness (QED) is 0.575. The summed E-state index contributed by atoms with van der Waals surface area (Å²) in [5.41, 5.74) is 3.41. The van der Waals surface area contributed by atoms with E-state index in [0.717, 1.165) is 28.4 Å². The Balaban J connectivity index is 1.63. The van der Waals surface area contributed by atoms with Gasteiger partial charge in [-0.3, -0.25) is 4.90 Å². The largest absolute Gasteiger partial charge is 0.508 e. The van der Waals surface area contributed by atoms with Crippen molar-refractivity contribution in [1.82, 2.24) is 9.88 Å². The molecule has 3 aromatic carbocycles. The van der Waals surface area contributed by atoms with Crippen LogP contribution in [-0.2, 0) is 13.1 Å². The molecular formula is C21H20N2O. The first-order valence-electron chi connectivity index (χ1n) is 8.15. The van der Waals surface area contributed by atoms with E-state index in [1.807, 2.05) is 24.3 Å². The van der Waals surface area contributed by atoms with Gasteiger partial charge in [0.1, 0.15) is 5.75 Å². The zero-order valence-corrected chi connectivity index (χ0v) is 13.7. The number of nitrogens with one attached hydrogen (secondary N) is 1. The molecule has 3 heteroatoms. The number of H-pyrrole nitrogens is 1. The number of hydrogen-bond acceptors (Lipinski definition) is 2. The molecule has 0 fully saturated rings. The fourth-order valence-electron chi connectivity index (χ4n) is 3.37. The van der Waals surface area contributed by atoms with Crippen molar-refractivity contribution in [2.75, 3.05) is 7.05 Å². The van der Waals surface area contributed by atoms with Gasteiger partial charge in [-0.1, -0.05) is 48.5 Å². The van der Waals surface area contributed by atoms with E-state index in [9.17, 15) is 5.11 Å². The van der Waals surface area contributed by atoms with Gasteiger partial charge in [0, 0.05) is 35.8 Å². The van der Waals surface area contributed by atoms with E-state index < -0.39 is 0 Å². The van der Waals surface area contributed by atoms with E-state index >= 15 is 0 Å². The number of fused-ring (bicyclic) bond motifs is 2. The van der Waals surface area contributed by atoms with Crippen molar-refractivity contribution in [3.8, 4) is 5.75 Å². The number of phenolic OH excluding ortho intramolecular Hbond substituents is 1. The van der Waals surface area contributed by atoms with Crippen molar-refractivity contribution in [2.45, 2.75) is 13.1 Å². The Bertz CT molecular complexity index is 1000. The number of benzene rings is 3. The van der Waals surface area contributed by atoms with Crippen LogP contribution in [0.3, 0.4) is 0 Å². The Hall–Kier alpha value is -2.78. The standard InChI is InChI=1S/C21H20N2O/c1-23(13-16-12-22-20-9-5-4-8-18(16)20)14-19-17-7-3-2-6-15(17)10-11-21(19)24/h2-12,22,24H,13-14H2,1H3. The first-order valence-corrected chi connectivity index (χ1v) is 8.15. The highest BCUT2D eigenvalue weighted by Crippen LogP contribution is 2.29. The van der Waals surface area contributed by atoms with E-state index in [1.54, 1.807) is 6.07 Å². The molecule has 24 heavy (non-hydrogen) atoms.